The Hall–Kier alpha value is -1.99. The van der Waals surface area contributed by atoms with E-state index in [0.717, 1.165) is 55.8 Å². The summed E-state index contributed by atoms with van der Waals surface area (Å²) in [7, 11) is 0. The lowest BCUT2D eigenvalue weighted by molar-refractivity contribution is 0.246. The zero-order valence-corrected chi connectivity index (χ0v) is 17.7. The van der Waals surface area contributed by atoms with E-state index in [1.54, 1.807) is 0 Å². The fourth-order valence-electron chi connectivity index (χ4n) is 3.68. The summed E-state index contributed by atoms with van der Waals surface area (Å²) in [6, 6.07) is 4.19. The molecule has 1 aliphatic heterocycles. The first kappa shape index (κ1) is 18.1. The van der Waals surface area contributed by atoms with Crippen molar-refractivity contribution in [2.45, 2.75) is 51.5 Å². The molecule has 0 unspecified atom stereocenters. The lowest BCUT2D eigenvalue weighted by atomic mass is 9.93. The van der Waals surface area contributed by atoms with Crippen LogP contribution in [0.15, 0.2) is 23.7 Å². The molecular weight excluding hydrogens is 368 g/mol. The maximum absolute atomic E-state index is 4.84. The number of fused-ring (bicyclic) bond motifs is 1. The number of nitrogens with zero attached hydrogens (tertiary/aromatic N) is 6. The van der Waals surface area contributed by atoms with Crippen LogP contribution in [-0.4, -0.2) is 50.7 Å². The molecule has 0 aromatic carbocycles. The Morgan fingerprint density at radius 3 is 2.57 bits per heavy atom. The van der Waals surface area contributed by atoms with Gasteiger partial charge in [-0.2, -0.15) is 0 Å². The van der Waals surface area contributed by atoms with Crippen molar-refractivity contribution in [3.8, 4) is 0 Å². The van der Waals surface area contributed by atoms with Crippen molar-refractivity contribution in [1.29, 1.82) is 0 Å². The Bertz CT molecular complexity index is 972. The maximum Gasteiger partial charge on any atom is 0.153 e. The van der Waals surface area contributed by atoms with E-state index in [2.05, 4.69) is 54.3 Å². The lowest BCUT2D eigenvalue weighted by Crippen LogP contribution is -2.46. The van der Waals surface area contributed by atoms with Crippen LogP contribution < -0.4 is 4.90 Å². The van der Waals surface area contributed by atoms with Crippen molar-refractivity contribution in [3.63, 3.8) is 0 Å². The second-order valence-electron chi connectivity index (χ2n) is 9.08. The molecule has 148 valence electrons. The smallest absolute Gasteiger partial charge is 0.153 e. The van der Waals surface area contributed by atoms with Crippen molar-refractivity contribution < 1.29 is 0 Å². The minimum atomic E-state index is 0.0363. The van der Waals surface area contributed by atoms with Gasteiger partial charge < -0.3 is 4.90 Å². The molecule has 5 rings (SSSR count). The highest BCUT2D eigenvalue weighted by atomic mass is 32.1. The van der Waals surface area contributed by atoms with E-state index < -0.39 is 0 Å². The van der Waals surface area contributed by atoms with Crippen LogP contribution >= 0.6 is 11.3 Å². The Morgan fingerprint density at radius 1 is 1.07 bits per heavy atom. The highest BCUT2D eigenvalue weighted by Gasteiger charge is 2.27. The van der Waals surface area contributed by atoms with Gasteiger partial charge in [0.15, 0.2) is 5.65 Å². The second kappa shape index (κ2) is 6.81. The first-order valence-electron chi connectivity index (χ1n) is 10.2. The van der Waals surface area contributed by atoms with E-state index in [-0.39, 0.29) is 5.41 Å². The number of thiazole rings is 1. The molecule has 1 aliphatic carbocycles. The summed E-state index contributed by atoms with van der Waals surface area (Å²) in [5.74, 6) is 1.80. The largest absolute Gasteiger partial charge is 0.353 e. The lowest BCUT2D eigenvalue weighted by Gasteiger charge is -2.34. The van der Waals surface area contributed by atoms with Gasteiger partial charge in [0.2, 0.25) is 0 Å². The van der Waals surface area contributed by atoms with Crippen LogP contribution in [0.25, 0.3) is 5.65 Å². The molecule has 0 amide bonds. The summed E-state index contributed by atoms with van der Waals surface area (Å²) in [6.07, 6.45) is 4.73. The highest BCUT2D eigenvalue weighted by Crippen LogP contribution is 2.41. The van der Waals surface area contributed by atoms with Crippen LogP contribution in [0, 0.1) is 0 Å². The topological polar surface area (TPSA) is 49.6 Å². The van der Waals surface area contributed by atoms with E-state index in [9.17, 15) is 0 Å². The van der Waals surface area contributed by atoms with Crippen molar-refractivity contribution >= 4 is 22.8 Å². The van der Waals surface area contributed by atoms with Crippen LogP contribution in [0.5, 0.6) is 0 Å². The van der Waals surface area contributed by atoms with Crippen molar-refractivity contribution in [1.82, 2.24) is 24.5 Å². The molecule has 28 heavy (non-hydrogen) atoms. The minimum Gasteiger partial charge on any atom is -0.353 e. The van der Waals surface area contributed by atoms with E-state index in [1.165, 1.54) is 23.5 Å². The number of aromatic nitrogens is 4. The van der Waals surface area contributed by atoms with Gasteiger partial charge in [0.05, 0.1) is 22.6 Å². The molecule has 1 saturated carbocycles. The fraction of sp³-hybridized carbons (Fsp3) is 0.571. The van der Waals surface area contributed by atoms with Crippen molar-refractivity contribution in [2.24, 2.45) is 0 Å². The number of piperazine rings is 1. The quantitative estimate of drug-likeness (QED) is 0.673. The molecule has 0 atom stereocenters. The molecule has 3 aromatic rings. The van der Waals surface area contributed by atoms with E-state index in [1.807, 2.05) is 15.9 Å². The van der Waals surface area contributed by atoms with E-state index >= 15 is 0 Å². The Balaban J connectivity index is 1.23. The van der Waals surface area contributed by atoms with Gasteiger partial charge in [0.1, 0.15) is 5.82 Å². The molecule has 4 heterocycles. The van der Waals surface area contributed by atoms with Crippen LogP contribution in [0.2, 0.25) is 0 Å². The van der Waals surface area contributed by atoms with Gasteiger partial charge in [-0.25, -0.2) is 14.5 Å². The second-order valence-corrected chi connectivity index (χ2v) is 9.97. The first-order valence-corrected chi connectivity index (χ1v) is 11.1. The minimum absolute atomic E-state index is 0.0363. The standard InChI is InChI=1S/C21H28N6S/c1-21(2,3)17-13-27-18(23-17)6-7-19(24-27)26-10-8-25(9-11-26)12-16-14-28-20(22-16)15-4-5-15/h6-7,13-15H,4-5,8-12H2,1-3H3. The van der Waals surface area contributed by atoms with Crippen LogP contribution in [0.4, 0.5) is 5.82 Å². The molecule has 3 aromatic heterocycles. The zero-order chi connectivity index (χ0) is 19.3. The number of rotatable bonds is 4. The summed E-state index contributed by atoms with van der Waals surface area (Å²) < 4.78 is 1.93. The van der Waals surface area contributed by atoms with Gasteiger partial charge in [-0.1, -0.05) is 20.8 Å². The summed E-state index contributed by atoms with van der Waals surface area (Å²) >= 11 is 1.84. The number of hydrogen-bond acceptors (Lipinski definition) is 6. The van der Waals surface area contributed by atoms with Crippen LogP contribution in [0.3, 0.4) is 0 Å². The van der Waals surface area contributed by atoms with Gasteiger partial charge in [-0.15, -0.1) is 16.4 Å². The molecular formula is C21H28N6S. The molecule has 7 heteroatoms. The van der Waals surface area contributed by atoms with E-state index in [0.29, 0.717) is 0 Å². The maximum atomic E-state index is 4.84. The predicted octanol–water partition coefficient (Wildman–Crippen LogP) is 3.68. The van der Waals surface area contributed by atoms with Crippen molar-refractivity contribution in [2.75, 3.05) is 31.1 Å². The first-order chi connectivity index (χ1) is 13.5. The van der Waals surface area contributed by atoms with Gasteiger partial charge in [-0.3, -0.25) is 4.90 Å². The van der Waals surface area contributed by atoms with Crippen LogP contribution in [-0.2, 0) is 12.0 Å². The molecule has 2 aliphatic rings. The SMILES string of the molecule is CC(C)(C)c1cn2nc(N3CCN(Cc4csc(C5CC5)n4)CC3)ccc2n1. The average molecular weight is 397 g/mol. The molecule has 6 nitrogen and oxygen atoms in total. The van der Waals surface area contributed by atoms with Gasteiger partial charge in [0.25, 0.3) is 0 Å². The summed E-state index contributed by atoms with van der Waals surface area (Å²) in [5, 5.41) is 8.42. The molecule has 1 saturated heterocycles. The summed E-state index contributed by atoms with van der Waals surface area (Å²) in [6.45, 7) is 11.6. The average Bonchev–Trinajstić information content (AvgIpc) is 3.25. The fourth-order valence-corrected chi connectivity index (χ4v) is 4.66. The third-order valence-electron chi connectivity index (χ3n) is 5.65. The third-order valence-corrected chi connectivity index (χ3v) is 6.71. The molecule has 0 bridgehead atoms. The Kier molecular flexibility index (Phi) is 4.39. The number of imidazole rings is 1. The predicted molar refractivity (Wildman–Crippen MR) is 113 cm³/mol. The van der Waals surface area contributed by atoms with Crippen LogP contribution in [0.1, 0.15) is 55.9 Å². The highest BCUT2D eigenvalue weighted by molar-refractivity contribution is 7.09. The molecule has 2 fully saturated rings. The van der Waals surface area contributed by atoms with Crippen molar-refractivity contribution in [3.05, 3.63) is 40.1 Å². The van der Waals surface area contributed by atoms with Gasteiger partial charge in [0, 0.05) is 49.4 Å². The number of hydrogen-bond donors (Lipinski definition) is 0. The Morgan fingerprint density at radius 2 is 1.86 bits per heavy atom. The van der Waals surface area contributed by atoms with Gasteiger partial charge >= 0.3 is 0 Å². The van der Waals surface area contributed by atoms with E-state index in [4.69, 9.17) is 15.1 Å². The monoisotopic (exact) mass is 396 g/mol. The third kappa shape index (κ3) is 3.65. The normalized spacial score (nSPS) is 18.9. The zero-order valence-electron chi connectivity index (χ0n) is 16.9. The van der Waals surface area contributed by atoms with Gasteiger partial charge in [-0.05, 0) is 25.0 Å². The Labute approximate surface area is 170 Å². The molecule has 0 radical (unpaired) electrons. The summed E-state index contributed by atoms with van der Waals surface area (Å²) in [4.78, 5) is 14.4. The number of anilines is 1. The summed E-state index contributed by atoms with van der Waals surface area (Å²) in [5.41, 5.74) is 3.28. The molecule has 0 N–H and O–H groups in total. The molecule has 0 spiro atoms.